The maximum absolute atomic E-state index is 9.96. The molecule has 0 amide bonds. The van der Waals surface area contributed by atoms with Crippen molar-refractivity contribution in [2.24, 2.45) is 5.41 Å². The molecule has 2 saturated carbocycles. The molecule has 4 heterocycles. The van der Waals surface area contributed by atoms with E-state index in [1.54, 1.807) is 6.33 Å². The molecule has 4 aliphatic rings. The maximum Gasteiger partial charge on any atom is 0.159 e. The van der Waals surface area contributed by atoms with E-state index in [-0.39, 0.29) is 10.8 Å². The van der Waals surface area contributed by atoms with Gasteiger partial charge in [-0.25, -0.2) is 14.6 Å². The Morgan fingerprint density at radius 2 is 1.97 bits per heavy atom. The Balaban J connectivity index is 1.19. The van der Waals surface area contributed by atoms with Crippen molar-refractivity contribution < 1.29 is 4.74 Å². The van der Waals surface area contributed by atoms with Gasteiger partial charge in [0.2, 0.25) is 0 Å². The highest BCUT2D eigenvalue weighted by molar-refractivity contribution is 5.82. The first-order valence-corrected chi connectivity index (χ1v) is 11.9. The third kappa shape index (κ3) is 2.79. The van der Waals surface area contributed by atoms with Gasteiger partial charge in [-0.15, -0.1) is 0 Å². The number of fused-ring (bicyclic) bond motifs is 1. The van der Waals surface area contributed by atoms with Gasteiger partial charge in [0, 0.05) is 37.1 Å². The molecule has 0 bridgehead atoms. The molecule has 2 aliphatic carbocycles. The molecule has 2 saturated heterocycles. The molecule has 33 heavy (non-hydrogen) atoms. The molecular formula is C25H27N7O. The van der Waals surface area contributed by atoms with Crippen molar-refractivity contribution in [2.75, 3.05) is 37.7 Å². The maximum atomic E-state index is 9.96. The van der Waals surface area contributed by atoms with Crippen LogP contribution in [0.5, 0.6) is 0 Å². The van der Waals surface area contributed by atoms with Gasteiger partial charge in [0.05, 0.1) is 42.5 Å². The second kappa shape index (κ2) is 6.75. The van der Waals surface area contributed by atoms with Crippen LogP contribution in [0, 0.1) is 16.7 Å². The average Bonchev–Trinajstić information content (AvgIpc) is 3.68. The molecule has 168 valence electrons. The Kier molecular flexibility index (Phi) is 3.98. The number of hydrogen-bond donors (Lipinski definition) is 0. The van der Waals surface area contributed by atoms with E-state index in [1.807, 2.05) is 16.9 Å². The zero-order valence-corrected chi connectivity index (χ0v) is 18.8. The van der Waals surface area contributed by atoms with Crippen molar-refractivity contribution in [2.45, 2.75) is 43.7 Å². The van der Waals surface area contributed by atoms with E-state index in [0.29, 0.717) is 12.1 Å². The van der Waals surface area contributed by atoms with Crippen LogP contribution in [0.2, 0.25) is 0 Å². The second-order valence-electron chi connectivity index (χ2n) is 10.3. The normalized spacial score (nSPS) is 28.6. The van der Waals surface area contributed by atoms with Gasteiger partial charge in [-0.1, -0.05) is 12.1 Å². The molecule has 8 heteroatoms. The van der Waals surface area contributed by atoms with Crippen LogP contribution >= 0.6 is 0 Å². The van der Waals surface area contributed by atoms with Crippen LogP contribution in [0.15, 0.2) is 36.8 Å². The summed E-state index contributed by atoms with van der Waals surface area (Å²) in [6.45, 7) is 6.87. The molecule has 8 nitrogen and oxygen atoms in total. The first-order valence-electron chi connectivity index (χ1n) is 11.9. The van der Waals surface area contributed by atoms with Crippen LogP contribution in [-0.4, -0.2) is 69.6 Å². The summed E-state index contributed by atoms with van der Waals surface area (Å²) in [4.78, 5) is 14.0. The van der Waals surface area contributed by atoms with E-state index in [0.717, 1.165) is 67.4 Å². The highest BCUT2D eigenvalue weighted by atomic mass is 16.5. The first-order chi connectivity index (χ1) is 16.1. The summed E-state index contributed by atoms with van der Waals surface area (Å²) >= 11 is 0. The van der Waals surface area contributed by atoms with E-state index < -0.39 is 0 Å². The first kappa shape index (κ1) is 19.4. The number of aromatic nitrogens is 4. The summed E-state index contributed by atoms with van der Waals surface area (Å²) < 4.78 is 7.28. The quantitative estimate of drug-likeness (QED) is 0.616. The van der Waals surface area contributed by atoms with Crippen molar-refractivity contribution in [3.8, 4) is 11.9 Å². The van der Waals surface area contributed by atoms with Crippen LogP contribution in [0.1, 0.15) is 31.7 Å². The van der Waals surface area contributed by atoms with Gasteiger partial charge < -0.3 is 9.64 Å². The number of rotatable bonds is 4. The van der Waals surface area contributed by atoms with Crippen LogP contribution in [0.3, 0.4) is 0 Å². The van der Waals surface area contributed by atoms with Crippen molar-refractivity contribution in [1.29, 1.82) is 5.26 Å². The number of piperazine rings is 1. The van der Waals surface area contributed by atoms with Gasteiger partial charge in [-0.2, -0.15) is 10.4 Å². The third-order valence-electron chi connectivity index (χ3n) is 8.44. The van der Waals surface area contributed by atoms with E-state index >= 15 is 0 Å². The minimum absolute atomic E-state index is 0.243. The Hall–Kier alpha value is -3.02. The van der Waals surface area contributed by atoms with Crippen LogP contribution < -0.4 is 4.90 Å². The number of ether oxygens (including phenoxy) is 1. The number of nitrogens with zero attached hydrogens (tertiary/aromatic N) is 7. The smallest absolute Gasteiger partial charge is 0.159 e. The number of anilines is 1. The highest BCUT2D eigenvalue weighted by Gasteiger charge is 2.75. The fraction of sp³-hybridized carbons (Fsp3) is 0.520. The number of benzene rings is 1. The Morgan fingerprint density at radius 1 is 1.12 bits per heavy atom. The minimum atomic E-state index is -0.311. The summed E-state index contributed by atoms with van der Waals surface area (Å²) in [6, 6.07) is 12.1. The molecule has 1 aromatic carbocycles. The Morgan fingerprint density at radius 3 is 2.67 bits per heavy atom. The lowest BCUT2D eigenvalue weighted by Gasteiger charge is -2.46. The predicted octanol–water partition coefficient (Wildman–Crippen LogP) is 2.67. The molecule has 0 N–H and O–H groups in total. The minimum Gasteiger partial charge on any atom is -0.378 e. The topological polar surface area (TPSA) is 83.1 Å². The molecular weight excluding hydrogens is 414 g/mol. The van der Waals surface area contributed by atoms with Crippen molar-refractivity contribution in [1.82, 2.24) is 24.6 Å². The van der Waals surface area contributed by atoms with Gasteiger partial charge in [0.1, 0.15) is 12.1 Å². The number of hydrogen-bond acceptors (Lipinski definition) is 7. The standard InChI is InChI=1S/C25H27N7O/c1-17-11-30(6-7-31(17)20-12-33-13-20)22-9-23(28-16-27-22)32-21-8-19(3-2-18(21)10-29-32)25(15-26)14-24(25)4-5-24/h2-3,8-10,16-17,20H,4-7,11-14H2,1H3/t17?,25-/m1/s1. The van der Waals surface area contributed by atoms with Gasteiger partial charge in [0.15, 0.2) is 5.82 Å². The molecule has 2 aliphatic heterocycles. The number of nitriles is 1. The lowest BCUT2D eigenvalue weighted by molar-refractivity contribution is -0.0793. The van der Waals surface area contributed by atoms with Crippen molar-refractivity contribution >= 4 is 16.7 Å². The second-order valence-corrected chi connectivity index (χ2v) is 10.3. The third-order valence-corrected chi connectivity index (χ3v) is 8.44. The summed E-state index contributed by atoms with van der Waals surface area (Å²) in [5.41, 5.74) is 2.05. The van der Waals surface area contributed by atoms with E-state index in [2.05, 4.69) is 56.1 Å². The molecule has 2 atom stereocenters. The highest BCUT2D eigenvalue weighted by Crippen LogP contribution is 2.78. The molecule has 0 radical (unpaired) electrons. The van der Waals surface area contributed by atoms with E-state index in [1.165, 1.54) is 12.8 Å². The van der Waals surface area contributed by atoms with Gasteiger partial charge in [-0.05, 0) is 43.2 Å². The molecule has 1 spiro atoms. The summed E-state index contributed by atoms with van der Waals surface area (Å²) in [5, 5.41) is 15.7. The zero-order chi connectivity index (χ0) is 22.2. The molecule has 2 aromatic heterocycles. The van der Waals surface area contributed by atoms with Crippen LogP contribution in [0.4, 0.5) is 5.82 Å². The average molecular weight is 442 g/mol. The van der Waals surface area contributed by atoms with Crippen molar-refractivity contribution in [3.63, 3.8) is 0 Å². The lowest BCUT2D eigenvalue weighted by Crippen LogP contribution is -2.60. The largest absolute Gasteiger partial charge is 0.378 e. The summed E-state index contributed by atoms with van der Waals surface area (Å²) in [7, 11) is 0. The van der Waals surface area contributed by atoms with Crippen LogP contribution in [-0.2, 0) is 10.2 Å². The Labute approximate surface area is 192 Å². The van der Waals surface area contributed by atoms with Gasteiger partial charge in [-0.3, -0.25) is 4.90 Å². The summed E-state index contributed by atoms with van der Waals surface area (Å²) in [6.07, 6.45) is 6.85. The fourth-order valence-corrected chi connectivity index (χ4v) is 6.08. The van der Waals surface area contributed by atoms with E-state index in [4.69, 9.17) is 4.74 Å². The molecule has 7 rings (SSSR count). The molecule has 3 aromatic rings. The lowest BCUT2D eigenvalue weighted by atomic mass is 9.93. The molecule has 1 unspecified atom stereocenters. The van der Waals surface area contributed by atoms with Crippen molar-refractivity contribution in [3.05, 3.63) is 42.4 Å². The van der Waals surface area contributed by atoms with Gasteiger partial charge >= 0.3 is 0 Å². The van der Waals surface area contributed by atoms with Gasteiger partial charge in [0.25, 0.3) is 0 Å². The van der Waals surface area contributed by atoms with Crippen LogP contribution in [0.25, 0.3) is 16.7 Å². The van der Waals surface area contributed by atoms with E-state index in [9.17, 15) is 5.26 Å². The Bertz CT molecular complexity index is 1290. The summed E-state index contributed by atoms with van der Waals surface area (Å²) in [5.74, 6) is 1.70. The predicted molar refractivity (Wildman–Crippen MR) is 123 cm³/mol. The fourth-order valence-electron chi connectivity index (χ4n) is 6.08. The monoisotopic (exact) mass is 441 g/mol. The SMILES string of the molecule is CC1CN(c2cc(-n3ncc4ccc([C@]5(C#N)CC56CC6)cc43)ncn2)CCN1C1COC1. The zero-order valence-electron chi connectivity index (χ0n) is 18.8. The molecule has 4 fully saturated rings.